The van der Waals surface area contributed by atoms with Crippen LogP contribution >= 0.6 is 0 Å². The van der Waals surface area contributed by atoms with E-state index in [2.05, 4.69) is 9.97 Å². The minimum atomic E-state index is -3.55. The summed E-state index contributed by atoms with van der Waals surface area (Å²) in [6.45, 7) is 2.50. The molecule has 3 aromatic rings. The van der Waals surface area contributed by atoms with E-state index in [-0.39, 0.29) is 6.04 Å². The van der Waals surface area contributed by atoms with Crippen LogP contribution in [0.25, 0.3) is 5.78 Å². The SMILES string of the molecule is Cc1cc(C2CCCCN2S(=O)(=O)c2ccccc2)nc2nccn12. The topological polar surface area (TPSA) is 67.6 Å². The third-order valence-corrected chi connectivity index (χ3v) is 6.65. The summed E-state index contributed by atoms with van der Waals surface area (Å²) in [4.78, 5) is 9.22. The number of rotatable bonds is 3. The minimum absolute atomic E-state index is 0.251. The number of hydrogen-bond acceptors (Lipinski definition) is 4. The molecule has 25 heavy (non-hydrogen) atoms. The Labute approximate surface area is 147 Å². The van der Waals surface area contributed by atoms with Gasteiger partial charge in [-0.25, -0.2) is 18.4 Å². The number of piperidine rings is 1. The van der Waals surface area contributed by atoms with E-state index in [1.807, 2.05) is 29.7 Å². The molecule has 0 radical (unpaired) electrons. The summed E-state index contributed by atoms with van der Waals surface area (Å²) >= 11 is 0. The van der Waals surface area contributed by atoms with Gasteiger partial charge in [0.25, 0.3) is 0 Å². The van der Waals surface area contributed by atoms with E-state index >= 15 is 0 Å². The van der Waals surface area contributed by atoms with Gasteiger partial charge in [-0.1, -0.05) is 24.6 Å². The summed E-state index contributed by atoms with van der Waals surface area (Å²) in [5.74, 6) is 0.609. The number of imidazole rings is 1. The van der Waals surface area contributed by atoms with Gasteiger partial charge in [-0.05, 0) is 38.0 Å². The van der Waals surface area contributed by atoms with E-state index in [4.69, 9.17) is 0 Å². The Balaban J connectivity index is 1.78. The Hall–Kier alpha value is -2.25. The predicted octanol–water partition coefficient (Wildman–Crippen LogP) is 2.95. The van der Waals surface area contributed by atoms with Gasteiger partial charge in [0.2, 0.25) is 15.8 Å². The first-order chi connectivity index (χ1) is 12.1. The maximum absolute atomic E-state index is 13.1. The number of benzene rings is 1. The number of aromatic nitrogens is 3. The van der Waals surface area contributed by atoms with Crippen LogP contribution in [-0.2, 0) is 10.0 Å². The van der Waals surface area contributed by atoms with Crippen molar-refractivity contribution in [1.29, 1.82) is 0 Å². The van der Waals surface area contributed by atoms with Gasteiger partial charge in [-0.3, -0.25) is 4.40 Å². The Morgan fingerprint density at radius 2 is 1.96 bits per heavy atom. The molecule has 0 spiro atoms. The van der Waals surface area contributed by atoms with Gasteiger partial charge in [0.1, 0.15) is 0 Å². The van der Waals surface area contributed by atoms with Crippen molar-refractivity contribution in [3.05, 3.63) is 60.2 Å². The molecular formula is C18H20N4O2S. The number of fused-ring (bicyclic) bond motifs is 1. The van der Waals surface area contributed by atoms with Gasteiger partial charge < -0.3 is 0 Å². The van der Waals surface area contributed by atoms with E-state index in [0.717, 1.165) is 30.7 Å². The molecule has 1 fully saturated rings. The van der Waals surface area contributed by atoms with Gasteiger partial charge in [-0.15, -0.1) is 0 Å². The highest BCUT2D eigenvalue weighted by molar-refractivity contribution is 7.89. The molecule has 0 saturated carbocycles. The molecule has 3 heterocycles. The lowest BCUT2D eigenvalue weighted by Gasteiger charge is -2.34. The fraction of sp³-hybridized carbons (Fsp3) is 0.333. The molecule has 0 aliphatic carbocycles. The predicted molar refractivity (Wildman–Crippen MR) is 94.6 cm³/mol. The lowest BCUT2D eigenvalue weighted by atomic mass is 10.0. The average molecular weight is 356 g/mol. The lowest BCUT2D eigenvalue weighted by molar-refractivity contribution is 0.251. The Morgan fingerprint density at radius 3 is 2.76 bits per heavy atom. The van der Waals surface area contributed by atoms with Crippen LogP contribution in [-0.4, -0.2) is 33.6 Å². The maximum Gasteiger partial charge on any atom is 0.243 e. The molecule has 1 saturated heterocycles. The van der Waals surface area contributed by atoms with Crippen LogP contribution in [0.3, 0.4) is 0 Å². The van der Waals surface area contributed by atoms with Crippen molar-refractivity contribution in [2.45, 2.75) is 37.1 Å². The summed E-state index contributed by atoms with van der Waals surface area (Å²) in [6, 6.07) is 10.4. The molecule has 1 unspecified atom stereocenters. The summed E-state index contributed by atoms with van der Waals surface area (Å²) in [5, 5.41) is 0. The highest BCUT2D eigenvalue weighted by Gasteiger charge is 2.35. The molecule has 130 valence electrons. The second kappa shape index (κ2) is 6.24. The average Bonchev–Trinajstić information content (AvgIpc) is 3.12. The molecule has 1 aliphatic rings. The summed E-state index contributed by atoms with van der Waals surface area (Å²) < 4.78 is 29.8. The van der Waals surface area contributed by atoms with Crippen molar-refractivity contribution in [3.63, 3.8) is 0 Å². The van der Waals surface area contributed by atoms with Crippen LogP contribution in [0.4, 0.5) is 0 Å². The molecule has 2 aromatic heterocycles. The molecule has 1 aliphatic heterocycles. The van der Waals surface area contributed by atoms with Gasteiger partial charge in [0.05, 0.1) is 16.6 Å². The van der Waals surface area contributed by atoms with Crippen LogP contribution in [0.15, 0.2) is 53.7 Å². The van der Waals surface area contributed by atoms with Gasteiger partial charge >= 0.3 is 0 Å². The minimum Gasteiger partial charge on any atom is -0.288 e. The Kier molecular flexibility index (Phi) is 4.05. The van der Waals surface area contributed by atoms with Gasteiger partial charge in [0, 0.05) is 24.6 Å². The van der Waals surface area contributed by atoms with Crippen molar-refractivity contribution in [1.82, 2.24) is 18.7 Å². The first-order valence-corrected chi connectivity index (χ1v) is 9.89. The second-order valence-corrected chi connectivity index (χ2v) is 8.25. The Morgan fingerprint density at radius 1 is 1.16 bits per heavy atom. The maximum atomic E-state index is 13.1. The van der Waals surface area contributed by atoms with Crippen LogP contribution in [0, 0.1) is 6.92 Å². The van der Waals surface area contributed by atoms with E-state index < -0.39 is 10.0 Å². The van der Waals surface area contributed by atoms with Gasteiger partial charge in [-0.2, -0.15) is 4.31 Å². The van der Waals surface area contributed by atoms with Crippen LogP contribution < -0.4 is 0 Å². The molecule has 1 atom stereocenters. The van der Waals surface area contributed by atoms with Gasteiger partial charge in [0.15, 0.2) is 0 Å². The normalized spacial score (nSPS) is 19.3. The van der Waals surface area contributed by atoms with Crippen molar-refractivity contribution in [2.75, 3.05) is 6.54 Å². The van der Waals surface area contributed by atoms with E-state index in [9.17, 15) is 8.42 Å². The number of hydrogen-bond donors (Lipinski definition) is 0. The third-order valence-electron chi connectivity index (χ3n) is 4.73. The summed E-state index contributed by atoms with van der Waals surface area (Å²) in [7, 11) is -3.55. The molecule has 6 nitrogen and oxygen atoms in total. The second-order valence-electron chi connectivity index (χ2n) is 6.36. The number of nitrogens with zero attached hydrogens (tertiary/aromatic N) is 4. The van der Waals surface area contributed by atoms with Crippen LogP contribution in [0.1, 0.15) is 36.7 Å². The van der Waals surface area contributed by atoms with E-state index in [1.54, 1.807) is 34.8 Å². The van der Waals surface area contributed by atoms with Crippen molar-refractivity contribution >= 4 is 15.8 Å². The zero-order valence-corrected chi connectivity index (χ0v) is 14.9. The largest absolute Gasteiger partial charge is 0.288 e. The van der Waals surface area contributed by atoms with Crippen LogP contribution in [0.2, 0.25) is 0 Å². The van der Waals surface area contributed by atoms with E-state index in [1.165, 1.54) is 0 Å². The molecule has 4 rings (SSSR count). The highest BCUT2D eigenvalue weighted by atomic mass is 32.2. The van der Waals surface area contributed by atoms with Crippen molar-refractivity contribution in [3.8, 4) is 0 Å². The Bertz CT molecular complexity index is 998. The molecule has 0 N–H and O–H groups in total. The molecule has 7 heteroatoms. The fourth-order valence-electron chi connectivity index (χ4n) is 3.47. The monoisotopic (exact) mass is 356 g/mol. The number of sulfonamides is 1. The third kappa shape index (κ3) is 2.83. The first-order valence-electron chi connectivity index (χ1n) is 8.45. The molecule has 0 bridgehead atoms. The zero-order chi connectivity index (χ0) is 17.4. The lowest BCUT2D eigenvalue weighted by Crippen LogP contribution is -2.39. The molecular weight excluding hydrogens is 336 g/mol. The highest BCUT2D eigenvalue weighted by Crippen LogP contribution is 2.35. The van der Waals surface area contributed by atoms with Crippen molar-refractivity contribution in [2.24, 2.45) is 0 Å². The first kappa shape index (κ1) is 16.2. The van der Waals surface area contributed by atoms with E-state index in [0.29, 0.717) is 17.2 Å². The standard InChI is InChI=1S/C18H20N4O2S/c1-14-13-16(20-18-19-10-12-21(14)18)17-9-5-6-11-22(17)25(23,24)15-7-3-2-4-8-15/h2-4,7-8,10,12-13,17H,5-6,9,11H2,1H3. The summed E-state index contributed by atoms with van der Waals surface area (Å²) in [6.07, 6.45) is 6.20. The molecule has 0 amide bonds. The number of aryl methyl sites for hydroxylation is 1. The zero-order valence-electron chi connectivity index (χ0n) is 14.0. The fourth-order valence-corrected chi connectivity index (χ4v) is 5.16. The van der Waals surface area contributed by atoms with Crippen LogP contribution in [0.5, 0.6) is 0 Å². The summed E-state index contributed by atoms with van der Waals surface area (Å²) in [5.41, 5.74) is 1.77. The smallest absolute Gasteiger partial charge is 0.243 e. The quantitative estimate of drug-likeness (QED) is 0.724. The van der Waals surface area contributed by atoms with Crippen molar-refractivity contribution < 1.29 is 8.42 Å². The molecule has 1 aromatic carbocycles.